The number of esters is 1. The first-order valence-electron chi connectivity index (χ1n) is 14.5. The van der Waals surface area contributed by atoms with E-state index in [1.165, 1.54) is 11.3 Å². The molecule has 0 bridgehead atoms. The summed E-state index contributed by atoms with van der Waals surface area (Å²) in [5.41, 5.74) is 3.37. The normalized spacial score (nSPS) is 14.4. The Hall–Kier alpha value is -5.14. The number of aromatic nitrogens is 1. The van der Waals surface area contributed by atoms with Gasteiger partial charge in [-0.1, -0.05) is 47.7 Å². The molecule has 5 rings (SSSR count). The van der Waals surface area contributed by atoms with Crippen LogP contribution in [0.5, 0.6) is 17.2 Å². The van der Waals surface area contributed by atoms with Crippen LogP contribution in [0.4, 0.5) is 0 Å². The lowest BCUT2D eigenvalue weighted by atomic mass is 9.95. The fraction of sp³-hybridized carbons (Fsp3) is 0.257. The third-order valence-corrected chi connectivity index (χ3v) is 8.04. The van der Waals surface area contributed by atoms with Crippen molar-refractivity contribution in [3.8, 4) is 23.3 Å². The smallest absolute Gasteiger partial charge is 0.338 e. The highest BCUT2D eigenvalue weighted by atomic mass is 32.1. The van der Waals surface area contributed by atoms with Gasteiger partial charge in [0.15, 0.2) is 16.3 Å². The van der Waals surface area contributed by atoms with Crippen LogP contribution in [-0.4, -0.2) is 30.4 Å². The average molecular weight is 624 g/mol. The van der Waals surface area contributed by atoms with Crippen molar-refractivity contribution in [3.05, 3.63) is 120 Å². The molecule has 0 spiro atoms. The minimum Gasteiger partial charge on any atom is -0.493 e. The molecule has 0 amide bonds. The van der Waals surface area contributed by atoms with Crippen molar-refractivity contribution in [1.29, 1.82) is 5.26 Å². The number of allylic oxidation sites excluding steroid dienone is 1. The van der Waals surface area contributed by atoms with Crippen LogP contribution in [0.1, 0.15) is 56.0 Å². The molecule has 1 aliphatic rings. The Labute approximate surface area is 264 Å². The van der Waals surface area contributed by atoms with Crippen molar-refractivity contribution < 1.29 is 23.7 Å². The Kier molecular flexibility index (Phi) is 9.50. The molecule has 9 nitrogen and oxygen atoms in total. The van der Waals surface area contributed by atoms with Crippen molar-refractivity contribution in [1.82, 2.24) is 4.57 Å². The molecule has 0 unspecified atom stereocenters. The number of nitrogens with zero attached hydrogens (tertiary/aromatic N) is 3. The number of nitriles is 1. The second-order valence-electron chi connectivity index (χ2n) is 10.5. The standard InChI is InChI=1S/C35H33N3O6S/c1-6-42-34(40)31-22(4)37-35-38(32(31)26-9-7-8-10-27(26)44-21(2)3)33(39)30(45-35)18-25-15-16-28(29(17-25)41-5)43-20-24-13-11-23(19-36)12-14-24/h7-18,21,32H,6,20H2,1-5H3/b30-18-/t32-/m1/s1. The number of hydrogen-bond acceptors (Lipinski definition) is 9. The number of carbonyl (C=O) groups is 1. The summed E-state index contributed by atoms with van der Waals surface area (Å²) in [6, 6.07) is 21.3. The minimum atomic E-state index is -0.787. The molecule has 0 saturated heterocycles. The second kappa shape index (κ2) is 13.7. The number of carbonyl (C=O) groups excluding carboxylic acids is 1. The van der Waals surface area contributed by atoms with Crippen molar-refractivity contribution in [2.24, 2.45) is 4.99 Å². The zero-order valence-corrected chi connectivity index (χ0v) is 26.5. The number of hydrogen-bond donors (Lipinski definition) is 0. The van der Waals surface area contributed by atoms with Gasteiger partial charge in [-0.25, -0.2) is 9.79 Å². The maximum Gasteiger partial charge on any atom is 0.338 e. The molecule has 230 valence electrons. The molecule has 10 heteroatoms. The van der Waals surface area contributed by atoms with E-state index >= 15 is 0 Å². The zero-order chi connectivity index (χ0) is 32.1. The summed E-state index contributed by atoms with van der Waals surface area (Å²) in [6.07, 6.45) is 1.65. The fourth-order valence-corrected chi connectivity index (χ4v) is 6.08. The van der Waals surface area contributed by atoms with E-state index in [9.17, 15) is 9.59 Å². The van der Waals surface area contributed by atoms with E-state index < -0.39 is 12.0 Å². The van der Waals surface area contributed by atoms with Crippen LogP contribution in [0.3, 0.4) is 0 Å². The molecular formula is C35H33N3O6S. The third kappa shape index (κ3) is 6.69. The van der Waals surface area contributed by atoms with Crippen LogP contribution >= 0.6 is 11.3 Å². The monoisotopic (exact) mass is 623 g/mol. The molecule has 45 heavy (non-hydrogen) atoms. The van der Waals surface area contributed by atoms with Gasteiger partial charge in [-0.05, 0) is 75.2 Å². The first-order chi connectivity index (χ1) is 21.7. The first kappa shape index (κ1) is 31.3. The number of ether oxygens (including phenoxy) is 4. The summed E-state index contributed by atoms with van der Waals surface area (Å²) in [6.45, 7) is 7.83. The number of benzene rings is 3. The van der Waals surface area contributed by atoms with Gasteiger partial charge in [0.1, 0.15) is 18.4 Å². The molecule has 1 aliphatic heterocycles. The van der Waals surface area contributed by atoms with Crippen LogP contribution in [0.15, 0.2) is 87.8 Å². The molecule has 0 N–H and O–H groups in total. The topological polar surface area (TPSA) is 112 Å². The van der Waals surface area contributed by atoms with E-state index in [1.807, 2.05) is 56.3 Å². The predicted molar refractivity (Wildman–Crippen MR) is 171 cm³/mol. The molecule has 3 aromatic carbocycles. The summed E-state index contributed by atoms with van der Waals surface area (Å²) >= 11 is 1.24. The Morgan fingerprint density at radius 2 is 1.84 bits per heavy atom. The number of para-hydroxylation sites is 1. The van der Waals surface area contributed by atoms with Gasteiger partial charge in [0, 0.05) is 5.56 Å². The van der Waals surface area contributed by atoms with Crippen molar-refractivity contribution in [2.75, 3.05) is 13.7 Å². The van der Waals surface area contributed by atoms with Crippen molar-refractivity contribution in [3.63, 3.8) is 0 Å². The Morgan fingerprint density at radius 1 is 1.09 bits per heavy atom. The number of rotatable bonds is 10. The molecule has 0 aliphatic carbocycles. The van der Waals surface area contributed by atoms with E-state index in [0.717, 1.165) is 11.1 Å². The zero-order valence-electron chi connectivity index (χ0n) is 25.7. The van der Waals surface area contributed by atoms with Crippen LogP contribution in [0.25, 0.3) is 6.08 Å². The van der Waals surface area contributed by atoms with Crippen molar-refractivity contribution in [2.45, 2.75) is 46.4 Å². The minimum absolute atomic E-state index is 0.121. The van der Waals surface area contributed by atoms with Crippen LogP contribution in [0.2, 0.25) is 0 Å². The summed E-state index contributed by atoms with van der Waals surface area (Å²) < 4.78 is 25.1. The van der Waals surface area contributed by atoms with E-state index in [1.54, 1.807) is 55.9 Å². The maximum atomic E-state index is 14.1. The summed E-state index contributed by atoms with van der Waals surface area (Å²) in [5, 5.41) is 9.02. The maximum absolute atomic E-state index is 14.1. The molecule has 0 radical (unpaired) electrons. The van der Waals surface area contributed by atoms with E-state index in [2.05, 4.69) is 11.1 Å². The van der Waals surface area contributed by atoms with Crippen LogP contribution in [-0.2, 0) is 16.1 Å². The van der Waals surface area contributed by atoms with Gasteiger partial charge in [-0.15, -0.1) is 0 Å². The molecule has 2 heterocycles. The molecule has 1 atom stereocenters. The highest BCUT2D eigenvalue weighted by Crippen LogP contribution is 2.36. The van der Waals surface area contributed by atoms with Crippen LogP contribution < -0.4 is 29.1 Å². The first-order valence-corrected chi connectivity index (χ1v) is 15.3. The largest absolute Gasteiger partial charge is 0.493 e. The van der Waals surface area contributed by atoms with Gasteiger partial charge >= 0.3 is 5.97 Å². The van der Waals surface area contributed by atoms with E-state index in [-0.39, 0.29) is 18.3 Å². The number of fused-ring (bicyclic) bond motifs is 1. The summed E-state index contributed by atoms with van der Waals surface area (Å²) in [5.74, 6) is 1.09. The highest BCUT2D eigenvalue weighted by Gasteiger charge is 2.35. The number of thiazole rings is 1. The van der Waals surface area contributed by atoms with Gasteiger partial charge in [0.2, 0.25) is 0 Å². The summed E-state index contributed by atoms with van der Waals surface area (Å²) in [7, 11) is 1.55. The van der Waals surface area contributed by atoms with Crippen LogP contribution in [0, 0.1) is 11.3 Å². The SMILES string of the molecule is CCOC(=O)C1=C(C)N=c2s/c(=C\c3ccc(OCc4ccc(C#N)cc4)c(OC)c3)c(=O)n2[C@@H]1c1ccccc1OC(C)C. The quantitative estimate of drug-likeness (QED) is 0.228. The lowest BCUT2D eigenvalue weighted by Crippen LogP contribution is -2.40. The molecule has 0 saturated carbocycles. The molecule has 4 aromatic rings. The fourth-order valence-electron chi connectivity index (χ4n) is 5.03. The Balaban J connectivity index is 1.55. The average Bonchev–Trinajstić information content (AvgIpc) is 3.33. The Bertz CT molecular complexity index is 1980. The molecule has 0 fully saturated rings. The van der Waals surface area contributed by atoms with Gasteiger partial charge < -0.3 is 18.9 Å². The highest BCUT2D eigenvalue weighted by molar-refractivity contribution is 7.07. The van der Waals surface area contributed by atoms with Gasteiger partial charge in [-0.3, -0.25) is 9.36 Å². The lowest BCUT2D eigenvalue weighted by molar-refractivity contribution is -0.139. The number of methoxy groups -OCH3 is 1. The Morgan fingerprint density at radius 3 is 2.53 bits per heavy atom. The van der Waals surface area contributed by atoms with Gasteiger partial charge in [-0.2, -0.15) is 5.26 Å². The predicted octanol–water partition coefficient (Wildman–Crippen LogP) is 5.04. The van der Waals surface area contributed by atoms with Crippen molar-refractivity contribution >= 4 is 23.4 Å². The molecule has 1 aromatic heterocycles. The third-order valence-electron chi connectivity index (χ3n) is 7.06. The van der Waals surface area contributed by atoms with E-state index in [4.69, 9.17) is 24.2 Å². The van der Waals surface area contributed by atoms with Gasteiger partial charge in [0.25, 0.3) is 5.56 Å². The summed E-state index contributed by atoms with van der Waals surface area (Å²) in [4.78, 5) is 32.5. The van der Waals surface area contributed by atoms with E-state index in [0.29, 0.717) is 55.6 Å². The van der Waals surface area contributed by atoms with Gasteiger partial charge in [0.05, 0.1) is 47.3 Å². The second-order valence-corrected chi connectivity index (χ2v) is 11.5. The molecular weight excluding hydrogens is 590 g/mol. The lowest BCUT2D eigenvalue weighted by Gasteiger charge is -2.26.